The van der Waals surface area contributed by atoms with Gasteiger partial charge < -0.3 is 15.7 Å². The molecule has 0 spiro atoms. The van der Waals surface area contributed by atoms with Gasteiger partial charge in [-0.15, -0.1) is 0 Å². The van der Waals surface area contributed by atoms with Gasteiger partial charge in [0.2, 0.25) is 0 Å². The molecule has 1 aromatic heterocycles. The molecule has 2 heterocycles. The van der Waals surface area contributed by atoms with E-state index in [0.29, 0.717) is 18.0 Å². The molecular formula is C15H19FN4O. The SMILES string of the molecule is O[C@@H](CNC[C@H]1CNc2ccnn2C1)c1ccccc1F. The van der Waals surface area contributed by atoms with Crippen molar-refractivity contribution in [3.63, 3.8) is 0 Å². The van der Waals surface area contributed by atoms with Crippen LogP contribution < -0.4 is 10.6 Å². The van der Waals surface area contributed by atoms with E-state index in [2.05, 4.69) is 15.7 Å². The molecule has 3 rings (SSSR count). The standard InChI is InChI=1S/C15H19FN4O/c16-13-4-2-1-3-12(13)14(21)9-17-7-11-8-18-15-5-6-19-20(15)10-11/h1-6,11,14,17-18,21H,7-10H2/t11-,14-/m0/s1. The minimum Gasteiger partial charge on any atom is -0.387 e. The average Bonchev–Trinajstić information content (AvgIpc) is 2.95. The minimum absolute atomic E-state index is 0.334. The van der Waals surface area contributed by atoms with Crippen molar-refractivity contribution in [2.24, 2.45) is 5.92 Å². The highest BCUT2D eigenvalue weighted by Gasteiger charge is 2.18. The van der Waals surface area contributed by atoms with Crippen molar-refractivity contribution in [1.29, 1.82) is 0 Å². The lowest BCUT2D eigenvalue weighted by Crippen LogP contribution is -2.36. The van der Waals surface area contributed by atoms with E-state index < -0.39 is 6.10 Å². The number of aliphatic hydroxyl groups is 1. The Labute approximate surface area is 122 Å². The Balaban J connectivity index is 1.48. The lowest BCUT2D eigenvalue weighted by molar-refractivity contribution is 0.167. The van der Waals surface area contributed by atoms with Crippen molar-refractivity contribution in [1.82, 2.24) is 15.1 Å². The first-order valence-corrected chi connectivity index (χ1v) is 7.13. The van der Waals surface area contributed by atoms with Gasteiger partial charge in [0.05, 0.1) is 12.3 Å². The third-order valence-corrected chi connectivity index (χ3v) is 3.75. The summed E-state index contributed by atoms with van der Waals surface area (Å²) in [5, 5.41) is 20.8. The summed E-state index contributed by atoms with van der Waals surface area (Å²) in [4.78, 5) is 0. The molecule has 5 nitrogen and oxygen atoms in total. The summed E-state index contributed by atoms with van der Waals surface area (Å²) < 4.78 is 15.5. The predicted octanol–water partition coefficient (Wildman–Crippen LogP) is 1.39. The van der Waals surface area contributed by atoms with Crippen LogP contribution in [-0.2, 0) is 6.54 Å². The first kappa shape index (κ1) is 14.0. The number of hydrogen-bond donors (Lipinski definition) is 3. The van der Waals surface area contributed by atoms with Crippen molar-refractivity contribution in [2.75, 3.05) is 25.0 Å². The summed E-state index contributed by atoms with van der Waals surface area (Å²) >= 11 is 0. The first-order chi connectivity index (χ1) is 10.2. The molecule has 112 valence electrons. The van der Waals surface area contributed by atoms with Crippen LogP contribution in [0.2, 0.25) is 0 Å². The number of nitrogens with zero attached hydrogens (tertiary/aromatic N) is 2. The number of aromatic nitrogens is 2. The zero-order chi connectivity index (χ0) is 14.7. The molecule has 2 aromatic rings. The number of halogens is 1. The molecule has 1 aliphatic heterocycles. The number of fused-ring (bicyclic) bond motifs is 1. The molecule has 1 aromatic carbocycles. The summed E-state index contributed by atoms with van der Waals surface area (Å²) in [7, 11) is 0. The fourth-order valence-corrected chi connectivity index (χ4v) is 2.60. The zero-order valence-electron chi connectivity index (χ0n) is 11.7. The molecule has 2 atom stereocenters. The Morgan fingerprint density at radius 3 is 3.14 bits per heavy atom. The highest BCUT2D eigenvalue weighted by molar-refractivity contribution is 5.35. The van der Waals surface area contributed by atoms with Gasteiger partial charge in [0.1, 0.15) is 11.6 Å². The molecule has 0 fully saturated rings. The smallest absolute Gasteiger partial charge is 0.129 e. The second kappa shape index (κ2) is 6.24. The van der Waals surface area contributed by atoms with Gasteiger partial charge in [0, 0.05) is 43.7 Å². The Kier molecular flexibility index (Phi) is 4.17. The van der Waals surface area contributed by atoms with E-state index in [9.17, 15) is 9.50 Å². The first-order valence-electron chi connectivity index (χ1n) is 7.13. The molecule has 0 amide bonds. The number of hydrogen-bond acceptors (Lipinski definition) is 4. The Bertz CT molecular complexity index is 601. The van der Waals surface area contributed by atoms with Crippen LogP contribution in [0.4, 0.5) is 10.2 Å². The topological polar surface area (TPSA) is 62.1 Å². The van der Waals surface area contributed by atoms with Gasteiger partial charge in [-0.25, -0.2) is 9.07 Å². The van der Waals surface area contributed by atoms with Crippen LogP contribution in [0.5, 0.6) is 0 Å². The maximum atomic E-state index is 13.5. The van der Waals surface area contributed by atoms with Crippen LogP contribution in [0.25, 0.3) is 0 Å². The van der Waals surface area contributed by atoms with Crippen LogP contribution >= 0.6 is 0 Å². The molecule has 6 heteroatoms. The van der Waals surface area contributed by atoms with Gasteiger partial charge in [0.25, 0.3) is 0 Å². The monoisotopic (exact) mass is 290 g/mol. The van der Waals surface area contributed by atoms with E-state index in [1.54, 1.807) is 24.4 Å². The Morgan fingerprint density at radius 2 is 2.29 bits per heavy atom. The molecule has 0 saturated carbocycles. The Hall–Kier alpha value is -1.92. The summed E-state index contributed by atoms with van der Waals surface area (Å²) in [5.74, 6) is 1.06. The third-order valence-electron chi connectivity index (χ3n) is 3.75. The molecular weight excluding hydrogens is 271 g/mol. The van der Waals surface area contributed by atoms with Crippen LogP contribution in [0, 0.1) is 11.7 Å². The summed E-state index contributed by atoms with van der Waals surface area (Å²) in [5.41, 5.74) is 0.334. The van der Waals surface area contributed by atoms with Crippen LogP contribution in [-0.4, -0.2) is 34.5 Å². The second-order valence-corrected chi connectivity index (χ2v) is 5.34. The highest BCUT2D eigenvalue weighted by Crippen LogP contribution is 2.17. The van der Waals surface area contributed by atoms with Crippen molar-refractivity contribution < 1.29 is 9.50 Å². The maximum Gasteiger partial charge on any atom is 0.129 e. The van der Waals surface area contributed by atoms with E-state index in [1.807, 2.05) is 10.7 Å². The van der Waals surface area contributed by atoms with Crippen LogP contribution in [0.15, 0.2) is 36.5 Å². The summed E-state index contributed by atoms with van der Waals surface area (Å²) in [6, 6.07) is 8.27. The quantitative estimate of drug-likeness (QED) is 0.779. The molecule has 0 saturated heterocycles. The largest absolute Gasteiger partial charge is 0.387 e. The van der Waals surface area contributed by atoms with E-state index in [-0.39, 0.29) is 5.82 Å². The normalized spacial score (nSPS) is 18.9. The number of anilines is 1. The average molecular weight is 290 g/mol. The second-order valence-electron chi connectivity index (χ2n) is 5.34. The van der Waals surface area contributed by atoms with Gasteiger partial charge in [-0.05, 0) is 6.07 Å². The number of rotatable bonds is 5. The van der Waals surface area contributed by atoms with E-state index in [1.165, 1.54) is 6.07 Å². The van der Waals surface area contributed by atoms with Crippen LogP contribution in [0.1, 0.15) is 11.7 Å². The maximum absolute atomic E-state index is 13.5. The van der Waals surface area contributed by atoms with Crippen molar-refractivity contribution in [2.45, 2.75) is 12.6 Å². The summed E-state index contributed by atoms with van der Waals surface area (Å²) in [6.07, 6.45) is 0.947. The molecule has 0 bridgehead atoms. The Morgan fingerprint density at radius 1 is 1.43 bits per heavy atom. The zero-order valence-corrected chi connectivity index (χ0v) is 11.7. The van der Waals surface area contributed by atoms with E-state index in [0.717, 1.165) is 25.5 Å². The number of aliphatic hydroxyl groups excluding tert-OH is 1. The van der Waals surface area contributed by atoms with Gasteiger partial charge in [-0.3, -0.25) is 0 Å². The highest BCUT2D eigenvalue weighted by atomic mass is 19.1. The predicted molar refractivity (Wildman–Crippen MR) is 78.4 cm³/mol. The lowest BCUT2D eigenvalue weighted by Gasteiger charge is -2.25. The van der Waals surface area contributed by atoms with Crippen molar-refractivity contribution in [3.8, 4) is 0 Å². The van der Waals surface area contributed by atoms with E-state index >= 15 is 0 Å². The fourth-order valence-electron chi connectivity index (χ4n) is 2.60. The molecule has 21 heavy (non-hydrogen) atoms. The molecule has 1 aliphatic rings. The molecule has 0 unspecified atom stereocenters. The van der Waals surface area contributed by atoms with Gasteiger partial charge in [-0.1, -0.05) is 18.2 Å². The number of benzene rings is 1. The molecule has 0 aliphatic carbocycles. The lowest BCUT2D eigenvalue weighted by atomic mass is 10.1. The summed E-state index contributed by atoms with van der Waals surface area (Å²) in [6.45, 7) is 2.80. The van der Waals surface area contributed by atoms with Gasteiger partial charge >= 0.3 is 0 Å². The van der Waals surface area contributed by atoms with Gasteiger partial charge in [-0.2, -0.15) is 5.10 Å². The minimum atomic E-state index is -0.831. The molecule has 0 radical (unpaired) electrons. The van der Waals surface area contributed by atoms with Crippen molar-refractivity contribution in [3.05, 3.63) is 47.9 Å². The number of nitrogens with one attached hydrogen (secondary N) is 2. The third kappa shape index (κ3) is 3.22. The van der Waals surface area contributed by atoms with Crippen LogP contribution in [0.3, 0.4) is 0 Å². The van der Waals surface area contributed by atoms with Gasteiger partial charge in [0.15, 0.2) is 0 Å². The van der Waals surface area contributed by atoms with Crippen molar-refractivity contribution >= 4 is 5.82 Å². The fraction of sp³-hybridized carbons (Fsp3) is 0.400. The van der Waals surface area contributed by atoms with E-state index in [4.69, 9.17) is 0 Å². The molecule has 3 N–H and O–H groups in total.